The summed E-state index contributed by atoms with van der Waals surface area (Å²) in [5.41, 5.74) is 8.37. The zero-order chi connectivity index (χ0) is 22.1. The summed E-state index contributed by atoms with van der Waals surface area (Å²) in [6, 6.07) is 4.62. The summed E-state index contributed by atoms with van der Waals surface area (Å²) >= 11 is 0. The Morgan fingerprint density at radius 2 is 1.45 bits per heavy atom. The fourth-order valence-corrected chi connectivity index (χ4v) is 3.07. The number of carboxylic acid groups (broad SMARTS) is 2. The smallest absolute Gasteiger partial charge is 0.323 e. The average Bonchev–Trinajstić information content (AvgIpc) is 2.67. The molecule has 162 valence electrons. The van der Waals surface area contributed by atoms with Crippen molar-refractivity contribution in [2.75, 3.05) is 0 Å². The van der Waals surface area contributed by atoms with Gasteiger partial charge in [-0.2, -0.15) is 0 Å². The van der Waals surface area contributed by atoms with Crippen molar-refractivity contribution in [3.63, 3.8) is 0 Å². The molecule has 4 N–H and O–H groups in total. The molecule has 7 nitrogen and oxygen atoms in total. The van der Waals surface area contributed by atoms with Crippen molar-refractivity contribution < 1.29 is 29.3 Å². The number of hydrogen-bond donors (Lipinski definition) is 3. The topological polar surface area (TPSA) is 127 Å². The molecule has 29 heavy (non-hydrogen) atoms. The number of ether oxygens (including phenoxy) is 1. The van der Waals surface area contributed by atoms with Gasteiger partial charge in [-0.05, 0) is 48.8 Å². The van der Waals surface area contributed by atoms with Crippen LogP contribution in [-0.2, 0) is 38.4 Å². The number of esters is 1. The van der Waals surface area contributed by atoms with Gasteiger partial charge in [0.2, 0.25) is 0 Å². The van der Waals surface area contributed by atoms with Crippen LogP contribution in [0.15, 0.2) is 18.2 Å². The lowest BCUT2D eigenvalue weighted by atomic mass is 9.89. The molecule has 0 heterocycles. The first-order valence-corrected chi connectivity index (χ1v) is 10.1. The number of carboxylic acids is 2. The van der Waals surface area contributed by atoms with Gasteiger partial charge in [0.05, 0.1) is 11.8 Å². The van der Waals surface area contributed by atoms with Crippen molar-refractivity contribution >= 4 is 17.9 Å². The maximum absolute atomic E-state index is 12.2. The van der Waals surface area contributed by atoms with Gasteiger partial charge >= 0.3 is 17.9 Å². The van der Waals surface area contributed by atoms with Crippen LogP contribution < -0.4 is 5.73 Å². The Kier molecular flexibility index (Phi) is 9.81. The van der Waals surface area contributed by atoms with E-state index in [9.17, 15) is 24.6 Å². The summed E-state index contributed by atoms with van der Waals surface area (Å²) in [6.07, 6.45) is 2.15. The number of carbonyl (C=O) groups excluding carboxylic acids is 1. The second kappa shape index (κ2) is 11.6. The Balaban J connectivity index is 3.02. The van der Waals surface area contributed by atoms with Crippen LogP contribution in [0, 0.1) is 11.8 Å². The summed E-state index contributed by atoms with van der Waals surface area (Å²) in [4.78, 5) is 34.7. The molecule has 0 aliphatic carbocycles. The van der Waals surface area contributed by atoms with Crippen LogP contribution >= 0.6 is 0 Å². The summed E-state index contributed by atoms with van der Waals surface area (Å²) < 4.78 is 5.40. The third-order valence-electron chi connectivity index (χ3n) is 5.12. The van der Waals surface area contributed by atoms with Gasteiger partial charge in [-0.1, -0.05) is 45.9 Å². The number of hydrogen-bond acceptors (Lipinski definition) is 5. The predicted octanol–water partition coefficient (Wildman–Crippen LogP) is 2.81. The average molecular weight is 408 g/mol. The van der Waals surface area contributed by atoms with Gasteiger partial charge in [0.1, 0.15) is 12.1 Å². The maximum atomic E-state index is 12.2. The highest BCUT2D eigenvalue weighted by atomic mass is 16.5. The van der Waals surface area contributed by atoms with E-state index in [1.807, 2.05) is 26.0 Å². The van der Waals surface area contributed by atoms with E-state index in [1.165, 1.54) is 0 Å². The maximum Gasteiger partial charge on any atom is 0.323 e. The highest BCUT2D eigenvalue weighted by Crippen LogP contribution is 2.21. The van der Waals surface area contributed by atoms with Gasteiger partial charge in [-0.3, -0.25) is 14.4 Å². The largest absolute Gasteiger partial charge is 0.481 e. The van der Waals surface area contributed by atoms with Crippen molar-refractivity contribution in [2.45, 2.75) is 71.9 Å². The monoisotopic (exact) mass is 407 g/mol. The van der Waals surface area contributed by atoms with Gasteiger partial charge in [-0.25, -0.2) is 0 Å². The molecule has 3 atom stereocenters. The fourth-order valence-electron chi connectivity index (χ4n) is 3.07. The molecule has 0 saturated heterocycles. The van der Waals surface area contributed by atoms with E-state index in [4.69, 9.17) is 10.5 Å². The number of carbonyl (C=O) groups is 3. The Labute approximate surface area is 172 Å². The molecule has 0 bridgehead atoms. The van der Waals surface area contributed by atoms with Crippen molar-refractivity contribution in [1.82, 2.24) is 0 Å². The Morgan fingerprint density at radius 1 is 0.931 bits per heavy atom. The van der Waals surface area contributed by atoms with Crippen LogP contribution in [0.1, 0.15) is 57.2 Å². The molecule has 0 aliphatic heterocycles. The SMILES string of the molecule is CCC(CC)OC(=O)[C@@H](N)Cc1ccc(CC(C)C(=O)O)c(CC(C)C(=O)O)c1. The number of aliphatic carboxylic acids is 2. The van der Waals surface area contributed by atoms with Crippen molar-refractivity contribution in [3.05, 3.63) is 34.9 Å². The van der Waals surface area contributed by atoms with E-state index >= 15 is 0 Å². The first-order chi connectivity index (χ1) is 13.6. The van der Waals surface area contributed by atoms with E-state index in [-0.39, 0.29) is 18.9 Å². The van der Waals surface area contributed by atoms with E-state index in [0.717, 1.165) is 29.5 Å². The van der Waals surface area contributed by atoms with Crippen LogP contribution in [0.4, 0.5) is 0 Å². The fraction of sp³-hybridized carbons (Fsp3) is 0.591. The van der Waals surface area contributed by atoms with Crippen molar-refractivity contribution in [3.8, 4) is 0 Å². The molecule has 1 rings (SSSR count). The van der Waals surface area contributed by atoms with Crippen LogP contribution in [0.5, 0.6) is 0 Å². The van der Waals surface area contributed by atoms with Gasteiger partial charge in [0.25, 0.3) is 0 Å². The number of rotatable bonds is 12. The molecule has 2 unspecified atom stereocenters. The van der Waals surface area contributed by atoms with Gasteiger partial charge in [0, 0.05) is 0 Å². The van der Waals surface area contributed by atoms with Crippen LogP contribution in [0.3, 0.4) is 0 Å². The van der Waals surface area contributed by atoms with Crippen LogP contribution in [0.2, 0.25) is 0 Å². The van der Waals surface area contributed by atoms with Crippen molar-refractivity contribution in [2.24, 2.45) is 17.6 Å². The lowest BCUT2D eigenvalue weighted by molar-refractivity contribution is -0.151. The molecular weight excluding hydrogens is 374 g/mol. The highest BCUT2D eigenvalue weighted by molar-refractivity contribution is 5.76. The zero-order valence-electron chi connectivity index (χ0n) is 17.7. The zero-order valence-corrected chi connectivity index (χ0v) is 17.7. The molecule has 0 aromatic heterocycles. The molecule has 0 aliphatic rings. The minimum absolute atomic E-state index is 0.152. The van der Waals surface area contributed by atoms with E-state index in [2.05, 4.69) is 0 Å². The van der Waals surface area contributed by atoms with E-state index in [1.54, 1.807) is 19.9 Å². The third-order valence-corrected chi connectivity index (χ3v) is 5.12. The van der Waals surface area contributed by atoms with Crippen LogP contribution in [0.25, 0.3) is 0 Å². The van der Waals surface area contributed by atoms with Gasteiger partial charge in [0.15, 0.2) is 0 Å². The molecular formula is C22H33NO6. The van der Waals surface area contributed by atoms with Gasteiger partial charge in [-0.15, -0.1) is 0 Å². The second-order valence-corrected chi connectivity index (χ2v) is 7.68. The first kappa shape index (κ1) is 24.6. The van der Waals surface area contributed by atoms with E-state index < -0.39 is 35.8 Å². The first-order valence-electron chi connectivity index (χ1n) is 10.1. The lowest BCUT2D eigenvalue weighted by Gasteiger charge is -2.19. The normalized spacial score (nSPS) is 14.3. The Morgan fingerprint density at radius 3 is 1.93 bits per heavy atom. The summed E-state index contributed by atoms with van der Waals surface area (Å²) in [5.74, 6) is -3.48. The Hall–Kier alpha value is -2.41. The summed E-state index contributed by atoms with van der Waals surface area (Å²) in [5, 5.41) is 18.4. The molecule has 0 fully saturated rings. The predicted molar refractivity (Wildman–Crippen MR) is 110 cm³/mol. The standard InChI is InChI=1S/C22H33NO6/c1-5-18(6-2)29-22(28)19(23)12-15-7-8-16(9-13(3)20(24)25)17(11-15)10-14(4)21(26)27/h7-8,11,13-14,18-19H,5-6,9-10,12,23H2,1-4H3,(H,24,25)(H,26,27)/t13?,14?,19-/m0/s1. The second-order valence-electron chi connectivity index (χ2n) is 7.68. The Bertz CT molecular complexity index is 713. The molecule has 1 aromatic carbocycles. The third kappa shape index (κ3) is 7.85. The van der Waals surface area contributed by atoms with Gasteiger partial charge < -0.3 is 20.7 Å². The molecule has 0 amide bonds. The molecule has 0 spiro atoms. The van der Waals surface area contributed by atoms with Crippen molar-refractivity contribution in [1.29, 1.82) is 0 Å². The lowest BCUT2D eigenvalue weighted by Crippen LogP contribution is -2.36. The number of benzene rings is 1. The summed E-state index contributed by atoms with van der Waals surface area (Å²) in [7, 11) is 0. The molecule has 0 radical (unpaired) electrons. The minimum atomic E-state index is -0.918. The molecule has 1 aromatic rings. The molecule has 0 saturated carbocycles. The summed E-state index contributed by atoms with van der Waals surface area (Å²) in [6.45, 7) is 7.11. The highest BCUT2D eigenvalue weighted by Gasteiger charge is 2.21. The quantitative estimate of drug-likeness (QED) is 0.455. The minimum Gasteiger partial charge on any atom is -0.481 e. The van der Waals surface area contributed by atoms with Crippen LogP contribution in [-0.4, -0.2) is 40.3 Å². The molecule has 7 heteroatoms. The number of nitrogens with two attached hydrogens (primary N) is 1. The van der Waals surface area contributed by atoms with E-state index in [0.29, 0.717) is 6.42 Å².